The third-order valence-corrected chi connectivity index (χ3v) is 5.36. The first-order valence-corrected chi connectivity index (χ1v) is 10.1. The van der Waals surface area contributed by atoms with E-state index in [1.54, 1.807) is 7.05 Å². The lowest BCUT2D eigenvalue weighted by molar-refractivity contribution is -0.134. The van der Waals surface area contributed by atoms with Crippen LogP contribution in [0.5, 0.6) is 11.5 Å². The number of amides is 2. The zero-order chi connectivity index (χ0) is 21.1. The SMILES string of the molecule is CCc1ccccc1NC(=O)CN(C)C(=O)C1c2ccccc2Oc2ccccc21. The summed E-state index contributed by atoms with van der Waals surface area (Å²) in [7, 11) is 1.66. The third kappa shape index (κ3) is 3.79. The van der Waals surface area contributed by atoms with Gasteiger partial charge >= 0.3 is 0 Å². The number of hydrogen-bond donors (Lipinski definition) is 1. The van der Waals surface area contributed by atoms with Gasteiger partial charge in [-0.05, 0) is 30.2 Å². The number of fused-ring (bicyclic) bond motifs is 2. The molecule has 0 radical (unpaired) electrons. The molecule has 0 aliphatic carbocycles. The van der Waals surface area contributed by atoms with Crippen molar-refractivity contribution in [1.82, 2.24) is 4.90 Å². The molecule has 30 heavy (non-hydrogen) atoms. The van der Waals surface area contributed by atoms with Crippen LogP contribution in [0.25, 0.3) is 0 Å². The Balaban J connectivity index is 1.55. The summed E-state index contributed by atoms with van der Waals surface area (Å²) >= 11 is 0. The number of benzene rings is 3. The molecule has 0 bridgehead atoms. The standard InChI is InChI=1S/C25H24N2O3/c1-3-17-10-4-7-13-20(17)26-23(28)16-27(2)25(29)24-18-11-5-8-14-21(18)30-22-15-9-6-12-19(22)24/h4-15,24H,3,16H2,1-2H3,(H,26,28). The molecule has 0 saturated heterocycles. The Morgan fingerprint density at radius 3 is 2.10 bits per heavy atom. The number of rotatable bonds is 5. The minimum absolute atomic E-state index is 0.0292. The fourth-order valence-corrected chi connectivity index (χ4v) is 3.83. The molecule has 1 aliphatic heterocycles. The van der Waals surface area contributed by atoms with E-state index in [0.717, 1.165) is 28.8 Å². The van der Waals surface area contributed by atoms with E-state index < -0.39 is 5.92 Å². The molecule has 152 valence electrons. The summed E-state index contributed by atoms with van der Waals surface area (Å²) < 4.78 is 5.97. The smallest absolute Gasteiger partial charge is 0.243 e. The van der Waals surface area contributed by atoms with Gasteiger partial charge in [0.2, 0.25) is 11.8 Å². The first-order valence-electron chi connectivity index (χ1n) is 10.1. The van der Waals surface area contributed by atoms with Crippen molar-refractivity contribution in [2.45, 2.75) is 19.3 Å². The van der Waals surface area contributed by atoms with Crippen molar-refractivity contribution in [1.29, 1.82) is 0 Å². The number of para-hydroxylation sites is 3. The molecule has 0 atom stereocenters. The highest BCUT2D eigenvalue weighted by Gasteiger charge is 2.34. The molecular weight excluding hydrogens is 376 g/mol. The van der Waals surface area contributed by atoms with E-state index in [1.165, 1.54) is 4.90 Å². The average molecular weight is 400 g/mol. The predicted molar refractivity (Wildman–Crippen MR) is 117 cm³/mol. The molecule has 0 fully saturated rings. The summed E-state index contributed by atoms with van der Waals surface area (Å²) in [6.07, 6.45) is 0.820. The van der Waals surface area contributed by atoms with Gasteiger partial charge in [0.1, 0.15) is 11.5 Å². The van der Waals surface area contributed by atoms with Crippen molar-refractivity contribution >= 4 is 17.5 Å². The fraction of sp³-hybridized carbons (Fsp3) is 0.200. The van der Waals surface area contributed by atoms with Crippen molar-refractivity contribution in [2.24, 2.45) is 0 Å². The van der Waals surface area contributed by atoms with E-state index in [4.69, 9.17) is 4.74 Å². The number of aryl methyl sites for hydroxylation is 1. The molecular formula is C25H24N2O3. The Labute approximate surface area is 176 Å². The minimum atomic E-state index is -0.508. The van der Waals surface area contributed by atoms with E-state index >= 15 is 0 Å². The summed E-state index contributed by atoms with van der Waals surface area (Å²) in [5.74, 6) is 0.470. The highest BCUT2D eigenvalue weighted by Crippen LogP contribution is 2.44. The van der Waals surface area contributed by atoms with Crippen molar-refractivity contribution in [3.8, 4) is 11.5 Å². The normalized spacial score (nSPS) is 12.3. The molecule has 4 rings (SSSR count). The molecule has 2 amide bonds. The van der Waals surface area contributed by atoms with E-state index in [9.17, 15) is 9.59 Å². The molecule has 3 aromatic carbocycles. The Morgan fingerprint density at radius 2 is 1.47 bits per heavy atom. The molecule has 1 N–H and O–H groups in total. The van der Waals surface area contributed by atoms with Gasteiger partial charge in [0, 0.05) is 23.9 Å². The molecule has 1 heterocycles. The Morgan fingerprint density at radius 1 is 0.900 bits per heavy atom. The van der Waals surface area contributed by atoms with Crippen molar-refractivity contribution in [2.75, 3.05) is 18.9 Å². The number of ether oxygens (including phenoxy) is 1. The molecule has 1 aliphatic rings. The van der Waals surface area contributed by atoms with Crippen LogP contribution in [0, 0.1) is 0 Å². The number of nitrogens with zero attached hydrogens (tertiary/aromatic N) is 1. The van der Waals surface area contributed by atoms with Gasteiger partial charge in [0.15, 0.2) is 0 Å². The lowest BCUT2D eigenvalue weighted by Crippen LogP contribution is -2.38. The number of carbonyl (C=O) groups excluding carboxylic acids is 2. The number of nitrogens with one attached hydrogen (secondary N) is 1. The maximum absolute atomic E-state index is 13.4. The summed E-state index contributed by atoms with van der Waals surface area (Å²) in [5, 5.41) is 2.93. The van der Waals surface area contributed by atoms with Crippen LogP contribution in [0.2, 0.25) is 0 Å². The largest absolute Gasteiger partial charge is 0.457 e. The molecule has 0 unspecified atom stereocenters. The van der Waals surface area contributed by atoms with Crippen LogP contribution in [-0.4, -0.2) is 30.3 Å². The number of carbonyl (C=O) groups is 2. The maximum Gasteiger partial charge on any atom is 0.243 e. The minimum Gasteiger partial charge on any atom is -0.457 e. The van der Waals surface area contributed by atoms with Gasteiger partial charge in [-0.2, -0.15) is 0 Å². The first kappa shape index (κ1) is 19.7. The van der Waals surface area contributed by atoms with E-state index in [1.807, 2.05) is 79.7 Å². The average Bonchev–Trinajstić information content (AvgIpc) is 2.77. The van der Waals surface area contributed by atoms with E-state index in [0.29, 0.717) is 11.5 Å². The van der Waals surface area contributed by atoms with Crippen LogP contribution in [0.3, 0.4) is 0 Å². The highest BCUT2D eigenvalue weighted by atomic mass is 16.5. The molecule has 5 heteroatoms. The molecule has 0 spiro atoms. The van der Waals surface area contributed by atoms with Gasteiger partial charge in [-0.1, -0.05) is 61.5 Å². The maximum atomic E-state index is 13.4. The summed E-state index contributed by atoms with van der Waals surface area (Å²) in [6.45, 7) is 2.01. The van der Waals surface area contributed by atoms with E-state index in [2.05, 4.69) is 5.32 Å². The van der Waals surface area contributed by atoms with Gasteiger partial charge in [-0.15, -0.1) is 0 Å². The van der Waals surface area contributed by atoms with Gasteiger partial charge in [-0.3, -0.25) is 9.59 Å². The van der Waals surface area contributed by atoms with Crippen LogP contribution in [0.15, 0.2) is 72.8 Å². The van der Waals surface area contributed by atoms with Crippen LogP contribution in [0.4, 0.5) is 5.69 Å². The second kappa shape index (κ2) is 8.41. The van der Waals surface area contributed by atoms with Crippen LogP contribution in [0.1, 0.15) is 29.5 Å². The second-order valence-corrected chi connectivity index (χ2v) is 7.36. The van der Waals surface area contributed by atoms with Crippen LogP contribution >= 0.6 is 0 Å². The first-order chi connectivity index (χ1) is 14.6. The third-order valence-electron chi connectivity index (χ3n) is 5.36. The zero-order valence-electron chi connectivity index (χ0n) is 17.1. The Hall–Kier alpha value is -3.60. The summed E-state index contributed by atoms with van der Waals surface area (Å²) in [4.78, 5) is 27.5. The fourth-order valence-electron chi connectivity index (χ4n) is 3.83. The van der Waals surface area contributed by atoms with Gasteiger partial charge in [0.25, 0.3) is 0 Å². The van der Waals surface area contributed by atoms with Crippen LogP contribution in [-0.2, 0) is 16.0 Å². The monoisotopic (exact) mass is 400 g/mol. The molecule has 0 saturated carbocycles. The van der Waals surface area contributed by atoms with Crippen molar-refractivity contribution in [3.05, 3.63) is 89.5 Å². The molecule has 3 aromatic rings. The summed E-state index contributed by atoms with van der Waals surface area (Å²) in [6, 6.07) is 22.8. The Bertz CT molecular complexity index is 1050. The number of likely N-dealkylation sites (N-methyl/N-ethyl adjacent to an activating group) is 1. The molecule has 5 nitrogen and oxygen atoms in total. The van der Waals surface area contributed by atoms with Crippen molar-refractivity contribution < 1.29 is 14.3 Å². The highest BCUT2D eigenvalue weighted by molar-refractivity contribution is 5.97. The quantitative estimate of drug-likeness (QED) is 0.682. The topological polar surface area (TPSA) is 58.6 Å². The number of anilines is 1. The number of hydrogen-bond acceptors (Lipinski definition) is 3. The van der Waals surface area contributed by atoms with Gasteiger partial charge in [0.05, 0.1) is 12.5 Å². The predicted octanol–water partition coefficient (Wildman–Crippen LogP) is 4.58. The summed E-state index contributed by atoms with van der Waals surface area (Å²) in [5.41, 5.74) is 3.47. The van der Waals surface area contributed by atoms with Gasteiger partial charge in [-0.25, -0.2) is 0 Å². The van der Waals surface area contributed by atoms with Crippen molar-refractivity contribution in [3.63, 3.8) is 0 Å². The lowest BCUT2D eigenvalue weighted by atomic mass is 9.87. The van der Waals surface area contributed by atoms with E-state index in [-0.39, 0.29) is 18.4 Å². The molecule has 0 aromatic heterocycles. The van der Waals surface area contributed by atoms with Crippen LogP contribution < -0.4 is 10.1 Å². The van der Waals surface area contributed by atoms with Gasteiger partial charge < -0.3 is 15.0 Å². The lowest BCUT2D eigenvalue weighted by Gasteiger charge is -2.30. The Kier molecular flexibility index (Phi) is 5.53. The second-order valence-electron chi connectivity index (χ2n) is 7.36. The zero-order valence-corrected chi connectivity index (χ0v) is 17.1.